The summed E-state index contributed by atoms with van der Waals surface area (Å²) >= 11 is 0. The van der Waals surface area contributed by atoms with Gasteiger partial charge in [-0.25, -0.2) is 8.32 Å². The summed E-state index contributed by atoms with van der Waals surface area (Å²) in [6.07, 6.45) is 0. The van der Waals surface area contributed by atoms with Crippen molar-refractivity contribution < 1.29 is 0 Å². The van der Waals surface area contributed by atoms with Gasteiger partial charge in [-0.05, 0) is 4.90 Å². The predicted molar refractivity (Wildman–Crippen MR) is 43.1 cm³/mol. The molecule has 1 aromatic rings. The zero-order valence-electron chi connectivity index (χ0n) is 5.58. The molecule has 0 bridgehead atoms. The standard InChI is InChI=1S/C6H5N4S/c7-9-11(10-8)6-4-2-1-3-5-6/h1-5H/q-1. The van der Waals surface area contributed by atoms with Crippen molar-refractivity contribution in [3.8, 4) is 0 Å². The van der Waals surface area contributed by atoms with E-state index in [0.29, 0.717) is 4.90 Å². The second-order valence-corrected chi connectivity index (χ2v) is 3.07. The molecule has 1 aromatic carbocycles. The molecule has 1 rings (SSSR count). The lowest BCUT2D eigenvalue weighted by Gasteiger charge is -1.87. The first-order valence-corrected chi connectivity index (χ1v) is 4.02. The SMILES string of the molecule is [N-]=[N+]=[S-](=[N+]=[N-])c1ccccc1. The summed E-state index contributed by atoms with van der Waals surface area (Å²) in [5.41, 5.74) is 16.7. The molecule has 4 nitrogen and oxygen atoms in total. The van der Waals surface area contributed by atoms with Gasteiger partial charge in [0, 0.05) is 0 Å². The van der Waals surface area contributed by atoms with E-state index in [1.807, 2.05) is 6.07 Å². The highest BCUT2D eigenvalue weighted by molar-refractivity contribution is 7.76. The van der Waals surface area contributed by atoms with E-state index in [1.165, 1.54) is 0 Å². The Morgan fingerprint density at radius 2 is 1.55 bits per heavy atom. The van der Waals surface area contributed by atoms with Crippen molar-refractivity contribution in [3.63, 3.8) is 0 Å². The summed E-state index contributed by atoms with van der Waals surface area (Å²) in [7, 11) is -1.14. The van der Waals surface area contributed by atoms with Crippen molar-refractivity contribution in [1.29, 1.82) is 0 Å². The van der Waals surface area contributed by atoms with Gasteiger partial charge in [-0.2, -0.15) is 0 Å². The maximum Gasteiger partial charge on any atom is 0.257 e. The Balaban J connectivity index is 3.35. The third-order valence-corrected chi connectivity index (χ3v) is 2.11. The van der Waals surface area contributed by atoms with Crippen LogP contribution in [0, 0.1) is 0 Å². The molecule has 0 radical (unpaired) electrons. The largest absolute Gasteiger partial charge is 0.384 e. The molecule has 0 aliphatic carbocycles. The first-order chi connectivity index (χ1) is 5.38. The molecule has 0 N–H and O–H groups in total. The fourth-order valence-corrected chi connectivity index (χ4v) is 1.27. The summed E-state index contributed by atoms with van der Waals surface area (Å²) in [4.78, 5) is 0.678. The van der Waals surface area contributed by atoms with Gasteiger partial charge in [0.15, 0.2) is 0 Å². The smallest absolute Gasteiger partial charge is 0.257 e. The van der Waals surface area contributed by atoms with Crippen LogP contribution in [0.3, 0.4) is 0 Å². The third kappa shape index (κ3) is 1.75. The molecule has 0 heterocycles. The van der Waals surface area contributed by atoms with Crippen molar-refractivity contribution in [1.82, 2.24) is 8.32 Å². The lowest BCUT2D eigenvalue weighted by Crippen LogP contribution is -1.82. The van der Waals surface area contributed by atoms with Gasteiger partial charge in [0.1, 0.15) is 0 Å². The molecule has 56 valence electrons. The molecule has 0 amide bonds. The van der Waals surface area contributed by atoms with E-state index in [-0.39, 0.29) is 0 Å². The molecule has 0 aromatic heterocycles. The van der Waals surface area contributed by atoms with Crippen LogP contribution in [0.25, 0.3) is 11.1 Å². The number of hydrogen-bond donors (Lipinski definition) is 0. The average Bonchev–Trinajstić information content (AvgIpc) is 2.09. The van der Waals surface area contributed by atoms with Crippen molar-refractivity contribution in [2.24, 2.45) is 0 Å². The molecule has 0 atom stereocenters. The summed E-state index contributed by atoms with van der Waals surface area (Å²) in [6, 6.07) is 8.85. The normalized spacial score (nSPS) is 8.82. The van der Waals surface area contributed by atoms with Gasteiger partial charge in [-0.3, -0.25) is 0 Å². The van der Waals surface area contributed by atoms with Gasteiger partial charge < -0.3 is 11.1 Å². The Morgan fingerprint density at radius 1 is 1.00 bits per heavy atom. The van der Waals surface area contributed by atoms with Gasteiger partial charge in [-0.1, -0.05) is 30.3 Å². The van der Waals surface area contributed by atoms with Gasteiger partial charge >= 0.3 is 0 Å². The maximum atomic E-state index is 8.36. The molecule has 0 aliphatic heterocycles. The van der Waals surface area contributed by atoms with Crippen LogP contribution in [0.4, 0.5) is 0 Å². The van der Waals surface area contributed by atoms with Crippen LogP contribution in [0.2, 0.25) is 0 Å². The van der Waals surface area contributed by atoms with Gasteiger partial charge in [0.25, 0.3) is 10.5 Å². The monoisotopic (exact) mass is 165 g/mol. The molecule has 0 saturated carbocycles. The molecule has 0 aliphatic rings. The summed E-state index contributed by atoms with van der Waals surface area (Å²) in [5, 5.41) is 0. The van der Waals surface area contributed by atoms with Crippen LogP contribution in [0.1, 0.15) is 0 Å². The van der Waals surface area contributed by atoms with Crippen LogP contribution < -0.4 is 8.32 Å². The highest BCUT2D eigenvalue weighted by Gasteiger charge is 1.88. The summed E-state index contributed by atoms with van der Waals surface area (Å²) in [6.45, 7) is 0. The van der Waals surface area contributed by atoms with Crippen LogP contribution in [-0.2, 0) is 10.5 Å². The van der Waals surface area contributed by atoms with E-state index >= 15 is 0 Å². The van der Waals surface area contributed by atoms with Crippen LogP contribution in [-0.4, -0.2) is 0 Å². The van der Waals surface area contributed by atoms with Gasteiger partial charge in [-0.15, -0.1) is 0 Å². The molecule has 0 fully saturated rings. The average molecular weight is 165 g/mol. The van der Waals surface area contributed by atoms with Gasteiger partial charge in [0.2, 0.25) is 0 Å². The Kier molecular flexibility index (Phi) is 2.58. The van der Waals surface area contributed by atoms with Gasteiger partial charge in [0.05, 0.1) is 0 Å². The second-order valence-electron chi connectivity index (χ2n) is 1.74. The van der Waals surface area contributed by atoms with E-state index in [1.54, 1.807) is 24.3 Å². The molecular formula is C6H5N4S-. The van der Waals surface area contributed by atoms with E-state index in [9.17, 15) is 0 Å². The zero-order valence-corrected chi connectivity index (χ0v) is 6.40. The van der Waals surface area contributed by atoms with E-state index in [4.69, 9.17) is 11.1 Å². The molecular weight excluding hydrogens is 160 g/mol. The van der Waals surface area contributed by atoms with E-state index in [2.05, 4.69) is 8.32 Å². The maximum absolute atomic E-state index is 8.36. The van der Waals surface area contributed by atoms with Crippen molar-refractivity contribution >= 4 is 10.5 Å². The Labute approximate surface area is 65.8 Å². The summed E-state index contributed by atoms with van der Waals surface area (Å²) < 4.78 is 5.78. The van der Waals surface area contributed by atoms with Crippen LogP contribution in [0.15, 0.2) is 35.2 Å². The Morgan fingerprint density at radius 3 is 2.00 bits per heavy atom. The van der Waals surface area contributed by atoms with Crippen molar-refractivity contribution in [2.75, 3.05) is 0 Å². The minimum Gasteiger partial charge on any atom is -0.384 e. The fourth-order valence-electron chi connectivity index (χ4n) is 0.653. The number of nitrogens with zero attached hydrogens (tertiary/aromatic N) is 4. The third-order valence-electron chi connectivity index (χ3n) is 1.11. The molecule has 5 heteroatoms. The van der Waals surface area contributed by atoms with E-state index in [0.717, 1.165) is 0 Å². The highest BCUT2D eigenvalue weighted by atomic mass is 32.2. The lowest BCUT2D eigenvalue weighted by molar-refractivity contribution is 1.43. The minimum atomic E-state index is -1.14. The first kappa shape index (κ1) is 7.69. The molecule has 0 saturated heterocycles. The van der Waals surface area contributed by atoms with Crippen molar-refractivity contribution in [2.45, 2.75) is 4.90 Å². The Hall–Kier alpha value is -1.41. The number of benzene rings is 1. The fraction of sp³-hybridized carbons (Fsp3) is 0. The van der Waals surface area contributed by atoms with Crippen molar-refractivity contribution in [3.05, 3.63) is 41.4 Å². The first-order valence-electron chi connectivity index (χ1n) is 2.88. The highest BCUT2D eigenvalue weighted by Crippen LogP contribution is 1.98. The quantitative estimate of drug-likeness (QED) is 0.341. The second kappa shape index (κ2) is 3.68. The number of rotatable bonds is 1. The summed E-state index contributed by atoms with van der Waals surface area (Å²) in [5.74, 6) is 0. The molecule has 0 unspecified atom stereocenters. The predicted octanol–water partition coefficient (Wildman–Crippen LogP) is 1.21. The van der Waals surface area contributed by atoms with E-state index < -0.39 is 10.5 Å². The zero-order chi connectivity index (χ0) is 8.10. The topological polar surface area (TPSA) is 72.8 Å². The number of hydrogen-bond acceptors (Lipinski definition) is 1. The lowest BCUT2D eigenvalue weighted by atomic mass is 10.4. The molecule has 0 spiro atoms. The Bertz CT molecular complexity index is 351. The molecule has 11 heavy (non-hydrogen) atoms. The van der Waals surface area contributed by atoms with Crippen LogP contribution in [0.5, 0.6) is 0 Å². The minimum absolute atomic E-state index is 0.678. The van der Waals surface area contributed by atoms with Crippen LogP contribution >= 0.6 is 0 Å².